The van der Waals surface area contributed by atoms with Crippen molar-refractivity contribution in [1.82, 2.24) is 9.62 Å². The molecule has 1 saturated carbocycles. The maximum absolute atomic E-state index is 12.7. The molecule has 1 fully saturated rings. The number of carbonyl (C=O) groups excluding carboxylic acids is 1. The molecule has 4 rings (SSSR count). The quantitative estimate of drug-likeness (QED) is 0.881. The van der Waals surface area contributed by atoms with Crippen LogP contribution in [0.2, 0.25) is 0 Å². The van der Waals surface area contributed by atoms with E-state index in [4.69, 9.17) is 0 Å². The maximum Gasteiger partial charge on any atom is 0.262 e. The number of sulfonamides is 1. The van der Waals surface area contributed by atoms with E-state index in [0.717, 1.165) is 24.9 Å². The zero-order valence-electron chi connectivity index (χ0n) is 14.6. The molecule has 134 valence electrons. The summed E-state index contributed by atoms with van der Waals surface area (Å²) < 4.78 is 28.0. The van der Waals surface area contributed by atoms with Crippen molar-refractivity contribution in [2.75, 3.05) is 18.5 Å². The predicted molar refractivity (Wildman–Crippen MR) is 95.4 cm³/mol. The third-order valence-electron chi connectivity index (χ3n) is 5.25. The summed E-state index contributed by atoms with van der Waals surface area (Å²) in [5, 5.41) is 0. The molecule has 0 bridgehead atoms. The van der Waals surface area contributed by atoms with Crippen LogP contribution in [0.5, 0.6) is 0 Å². The van der Waals surface area contributed by atoms with Crippen LogP contribution in [0.25, 0.3) is 0 Å². The van der Waals surface area contributed by atoms with Gasteiger partial charge in [0.2, 0.25) is 16.0 Å². The Labute approximate surface area is 147 Å². The van der Waals surface area contributed by atoms with E-state index in [9.17, 15) is 13.2 Å². The molecule has 1 atom stereocenters. The zero-order chi connectivity index (χ0) is 18.0. The number of aliphatic imine (C=N–C) groups is 1. The molecule has 25 heavy (non-hydrogen) atoms. The fourth-order valence-electron chi connectivity index (χ4n) is 3.40. The first kappa shape index (κ1) is 16.5. The number of fused-ring (bicyclic) bond motifs is 3. The highest BCUT2D eigenvalue weighted by atomic mass is 32.2. The number of hydrogen-bond donors (Lipinski definition) is 1. The summed E-state index contributed by atoms with van der Waals surface area (Å²) in [5.41, 5.74) is 0.797. The van der Waals surface area contributed by atoms with Crippen molar-refractivity contribution in [1.29, 1.82) is 0 Å². The van der Waals surface area contributed by atoms with Crippen molar-refractivity contribution < 1.29 is 13.2 Å². The Bertz CT molecular complexity index is 889. The first-order valence-electron chi connectivity index (χ1n) is 8.55. The van der Waals surface area contributed by atoms with Crippen molar-refractivity contribution in [3.8, 4) is 0 Å². The minimum atomic E-state index is -3.64. The Balaban J connectivity index is 1.77. The van der Waals surface area contributed by atoms with Gasteiger partial charge >= 0.3 is 0 Å². The molecular formula is C17H22N4O3S. The summed E-state index contributed by atoms with van der Waals surface area (Å²) in [6.07, 6.45) is 2.57. The summed E-state index contributed by atoms with van der Waals surface area (Å²) in [4.78, 5) is 20.9. The highest BCUT2D eigenvalue weighted by molar-refractivity contribution is 7.89. The number of hydrogen-bond acceptors (Lipinski definition) is 5. The van der Waals surface area contributed by atoms with Gasteiger partial charge in [0.25, 0.3) is 5.91 Å². The summed E-state index contributed by atoms with van der Waals surface area (Å²) in [6, 6.07) is 4.99. The van der Waals surface area contributed by atoms with Crippen LogP contribution in [-0.2, 0) is 10.0 Å². The maximum atomic E-state index is 12.7. The molecule has 1 aliphatic carbocycles. The molecule has 1 N–H and O–H groups in total. The van der Waals surface area contributed by atoms with Crippen LogP contribution >= 0.6 is 0 Å². The molecule has 0 radical (unpaired) electrons. The summed E-state index contributed by atoms with van der Waals surface area (Å²) >= 11 is 0. The molecule has 1 aromatic rings. The van der Waals surface area contributed by atoms with Crippen LogP contribution < -0.4 is 9.62 Å². The molecule has 2 heterocycles. The van der Waals surface area contributed by atoms with Gasteiger partial charge in [0, 0.05) is 12.6 Å². The standard InChI is InChI=1S/C17H22N4O3S/c1-4-11-10-18-16-20(3)15(22)13-9-12(5-6-14(13)21(11)16)25(23,24)19-17(2)7-8-17/h5-6,9,11,19H,4,7-8,10H2,1-3H3. The number of nitrogens with one attached hydrogen (secondary N) is 1. The fraction of sp³-hybridized carbons (Fsp3) is 0.529. The number of anilines is 1. The van der Waals surface area contributed by atoms with E-state index in [1.807, 2.05) is 11.8 Å². The van der Waals surface area contributed by atoms with E-state index in [0.29, 0.717) is 18.1 Å². The van der Waals surface area contributed by atoms with Gasteiger partial charge in [0.05, 0.1) is 28.7 Å². The van der Waals surface area contributed by atoms with Crippen molar-refractivity contribution in [2.45, 2.75) is 49.6 Å². The second-order valence-corrected chi connectivity index (χ2v) is 8.96. The Kier molecular flexibility index (Phi) is 3.49. The van der Waals surface area contributed by atoms with Crippen LogP contribution in [0, 0.1) is 0 Å². The van der Waals surface area contributed by atoms with E-state index in [2.05, 4.69) is 16.6 Å². The third-order valence-corrected chi connectivity index (χ3v) is 6.89. The second-order valence-electron chi connectivity index (χ2n) is 7.28. The molecule has 2 aliphatic heterocycles. The lowest BCUT2D eigenvalue weighted by Crippen LogP contribution is -2.51. The number of benzene rings is 1. The van der Waals surface area contributed by atoms with Crippen molar-refractivity contribution >= 4 is 27.6 Å². The van der Waals surface area contributed by atoms with E-state index in [1.165, 1.54) is 11.0 Å². The number of rotatable bonds is 4. The topological polar surface area (TPSA) is 82.1 Å². The highest BCUT2D eigenvalue weighted by Crippen LogP contribution is 2.38. The van der Waals surface area contributed by atoms with Gasteiger partial charge in [-0.15, -0.1) is 0 Å². The monoisotopic (exact) mass is 362 g/mol. The lowest BCUT2D eigenvalue weighted by atomic mass is 10.1. The Morgan fingerprint density at radius 1 is 1.36 bits per heavy atom. The first-order chi connectivity index (χ1) is 11.8. The molecule has 0 aromatic heterocycles. The van der Waals surface area contributed by atoms with Crippen molar-refractivity contribution in [3.63, 3.8) is 0 Å². The molecule has 1 unspecified atom stereocenters. The van der Waals surface area contributed by atoms with Crippen LogP contribution in [0.1, 0.15) is 43.5 Å². The molecular weight excluding hydrogens is 340 g/mol. The van der Waals surface area contributed by atoms with Crippen molar-refractivity contribution in [3.05, 3.63) is 23.8 Å². The van der Waals surface area contributed by atoms with E-state index < -0.39 is 10.0 Å². The SMILES string of the molecule is CCC1CN=C2N(C)C(=O)c3cc(S(=O)(=O)NC4(C)CC4)ccc3N21. The molecule has 1 amide bonds. The fourth-order valence-corrected chi connectivity index (χ4v) is 4.89. The van der Waals surface area contributed by atoms with Gasteiger partial charge in [-0.05, 0) is 44.4 Å². The van der Waals surface area contributed by atoms with Crippen molar-refractivity contribution in [2.24, 2.45) is 4.99 Å². The first-order valence-corrected chi connectivity index (χ1v) is 10.0. The van der Waals surface area contributed by atoms with Crippen LogP contribution in [0.3, 0.4) is 0 Å². The van der Waals surface area contributed by atoms with E-state index >= 15 is 0 Å². The van der Waals surface area contributed by atoms with Gasteiger partial charge in [-0.1, -0.05) is 6.92 Å². The second kappa shape index (κ2) is 5.28. The number of nitrogens with zero attached hydrogens (tertiary/aromatic N) is 3. The lowest BCUT2D eigenvalue weighted by molar-refractivity contribution is 0.0864. The van der Waals surface area contributed by atoms with Crippen LogP contribution in [0.15, 0.2) is 28.1 Å². The lowest BCUT2D eigenvalue weighted by Gasteiger charge is -2.37. The minimum Gasteiger partial charge on any atom is -0.306 e. The normalized spacial score (nSPS) is 24.0. The Morgan fingerprint density at radius 2 is 2.08 bits per heavy atom. The Hall–Kier alpha value is -1.93. The molecule has 7 nitrogen and oxygen atoms in total. The summed E-state index contributed by atoms with van der Waals surface area (Å²) in [6.45, 7) is 4.61. The smallest absolute Gasteiger partial charge is 0.262 e. The van der Waals surface area contributed by atoms with Crippen LogP contribution in [-0.4, -0.2) is 50.4 Å². The van der Waals surface area contributed by atoms with Gasteiger partial charge in [0.1, 0.15) is 0 Å². The van der Waals surface area contributed by atoms with E-state index in [-0.39, 0.29) is 22.4 Å². The van der Waals surface area contributed by atoms with Gasteiger partial charge in [0.15, 0.2) is 0 Å². The van der Waals surface area contributed by atoms with Crippen LogP contribution in [0.4, 0.5) is 5.69 Å². The molecule has 0 saturated heterocycles. The van der Waals surface area contributed by atoms with Gasteiger partial charge in [-0.3, -0.25) is 14.7 Å². The van der Waals surface area contributed by atoms with Gasteiger partial charge in [-0.25, -0.2) is 13.1 Å². The average Bonchev–Trinajstić information content (AvgIpc) is 3.12. The molecule has 3 aliphatic rings. The minimum absolute atomic E-state index is 0.133. The molecule has 1 aromatic carbocycles. The van der Waals surface area contributed by atoms with Gasteiger partial charge in [-0.2, -0.15) is 0 Å². The average molecular weight is 362 g/mol. The van der Waals surface area contributed by atoms with Gasteiger partial charge < -0.3 is 4.90 Å². The third kappa shape index (κ3) is 2.55. The Morgan fingerprint density at radius 3 is 2.72 bits per heavy atom. The summed E-state index contributed by atoms with van der Waals surface area (Å²) in [7, 11) is -1.96. The molecule has 0 spiro atoms. The highest BCUT2D eigenvalue weighted by Gasteiger charge is 2.43. The predicted octanol–water partition coefficient (Wildman–Crippen LogP) is 1.56. The molecule has 8 heteroatoms. The largest absolute Gasteiger partial charge is 0.306 e. The van der Waals surface area contributed by atoms with E-state index in [1.54, 1.807) is 19.2 Å². The number of amides is 1. The summed E-state index contributed by atoms with van der Waals surface area (Å²) in [5.74, 6) is 0.417. The number of carbonyl (C=O) groups is 1. The zero-order valence-corrected chi connectivity index (χ0v) is 15.4. The number of guanidine groups is 1.